The fourth-order valence-corrected chi connectivity index (χ4v) is 3.73. The van der Waals surface area contributed by atoms with Crippen molar-refractivity contribution in [1.82, 2.24) is 10.2 Å². The van der Waals surface area contributed by atoms with Gasteiger partial charge in [0, 0.05) is 4.90 Å². The Bertz CT molecular complexity index is 653. The summed E-state index contributed by atoms with van der Waals surface area (Å²) in [6.45, 7) is 0. The summed E-state index contributed by atoms with van der Waals surface area (Å²) in [5, 5.41) is 7.13. The van der Waals surface area contributed by atoms with E-state index in [9.17, 15) is 8.42 Å². The van der Waals surface area contributed by atoms with Crippen molar-refractivity contribution in [3.05, 3.63) is 24.3 Å². The summed E-state index contributed by atoms with van der Waals surface area (Å²) >= 11 is 2.28. The predicted molar refractivity (Wildman–Crippen MR) is 73.4 cm³/mol. The van der Waals surface area contributed by atoms with Crippen LogP contribution in [0.2, 0.25) is 0 Å². The molecule has 0 amide bonds. The van der Waals surface area contributed by atoms with Gasteiger partial charge in [-0.2, -0.15) is 8.42 Å². The molecule has 1 aromatic carbocycles. The lowest BCUT2D eigenvalue weighted by atomic mass is 10.3. The Balaban J connectivity index is 2.33. The van der Waals surface area contributed by atoms with Crippen LogP contribution >= 0.6 is 23.1 Å². The minimum absolute atomic E-state index is 0.119. The Kier molecular flexibility index (Phi) is 3.73. The average Bonchev–Trinajstić information content (AvgIpc) is 2.77. The van der Waals surface area contributed by atoms with Gasteiger partial charge >= 0.3 is 0 Å². The molecular formula is C9H10N4O2S3. The van der Waals surface area contributed by atoms with Crippen molar-refractivity contribution in [1.29, 1.82) is 0 Å². The van der Waals surface area contributed by atoms with Crippen LogP contribution in [-0.2, 0) is 10.0 Å². The summed E-state index contributed by atoms with van der Waals surface area (Å²) in [7, 11) is -3.72. The summed E-state index contributed by atoms with van der Waals surface area (Å²) < 4.78 is 26.4. The third kappa shape index (κ3) is 2.74. The van der Waals surface area contributed by atoms with E-state index >= 15 is 0 Å². The number of hydrogen-bond donors (Lipinski definition) is 2. The van der Waals surface area contributed by atoms with Gasteiger partial charge in [-0.1, -0.05) is 23.5 Å². The zero-order valence-electron chi connectivity index (χ0n) is 9.32. The quantitative estimate of drug-likeness (QED) is 0.833. The number of thioether (sulfide) groups is 1. The number of rotatable bonds is 4. The van der Waals surface area contributed by atoms with E-state index in [-0.39, 0.29) is 9.47 Å². The van der Waals surface area contributed by atoms with Crippen LogP contribution < -0.4 is 10.5 Å². The molecule has 3 N–H and O–H groups in total. The lowest BCUT2D eigenvalue weighted by Crippen LogP contribution is -2.13. The number of nitrogens with two attached hydrogens (primary N) is 1. The lowest BCUT2D eigenvalue weighted by molar-refractivity contribution is 0.599. The Morgan fingerprint density at radius 1 is 1.33 bits per heavy atom. The molecule has 0 atom stereocenters. The maximum Gasteiger partial charge on any atom is 0.291 e. The molecule has 0 saturated heterocycles. The second-order valence-electron chi connectivity index (χ2n) is 3.21. The van der Waals surface area contributed by atoms with Crippen molar-refractivity contribution < 1.29 is 8.42 Å². The first-order valence-corrected chi connectivity index (χ1v) is 8.30. The average molecular weight is 302 g/mol. The van der Waals surface area contributed by atoms with E-state index in [0.717, 1.165) is 16.2 Å². The summed E-state index contributed by atoms with van der Waals surface area (Å²) in [6, 6.07) is 7.11. The molecule has 2 aromatic rings. The summed E-state index contributed by atoms with van der Waals surface area (Å²) in [5.74, 6) is 0. The van der Waals surface area contributed by atoms with E-state index in [2.05, 4.69) is 14.9 Å². The highest BCUT2D eigenvalue weighted by Gasteiger charge is 2.20. The molecule has 96 valence electrons. The van der Waals surface area contributed by atoms with Crippen molar-refractivity contribution in [3.8, 4) is 0 Å². The van der Waals surface area contributed by atoms with Crippen LogP contribution in [0.15, 0.2) is 33.5 Å². The molecule has 2 rings (SSSR count). The Labute approximate surface area is 113 Å². The number of sulfonamides is 1. The summed E-state index contributed by atoms with van der Waals surface area (Å²) in [5.41, 5.74) is 5.89. The van der Waals surface area contributed by atoms with E-state index in [1.807, 2.05) is 18.4 Å². The number of nitrogen functional groups attached to an aromatic ring is 1. The predicted octanol–water partition coefficient (Wildman–Crippen LogP) is 1.64. The Morgan fingerprint density at radius 2 is 2.06 bits per heavy atom. The van der Waals surface area contributed by atoms with Gasteiger partial charge in [0.25, 0.3) is 14.4 Å². The molecule has 1 aromatic heterocycles. The van der Waals surface area contributed by atoms with Crippen LogP contribution in [-0.4, -0.2) is 24.9 Å². The first-order chi connectivity index (χ1) is 8.53. The molecule has 0 aliphatic heterocycles. The van der Waals surface area contributed by atoms with Crippen molar-refractivity contribution in [3.63, 3.8) is 0 Å². The van der Waals surface area contributed by atoms with Gasteiger partial charge in [0.2, 0.25) is 5.13 Å². The van der Waals surface area contributed by atoms with Gasteiger partial charge in [0.1, 0.15) is 0 Å². The molecule has 0 radical (unpaired) electrons. The highest BCUT2D eigenvalue weighted by molar-refractivity contribution is 7.99. The van der Waals surface area contributed by atoms with E-state index in [1.165, 1.54) is 11.8 Å². The fraction of sp³-hybridized carbons (Fsp3) is 0.111. The second-order valence-corrected chi connectivity index (χ2v) is 6.93. The molecule has 9 heteroatoms. The minimum atomic E-state index is -3.72. The maximum absolute atomic E-state index is 12.0. The monoisotopic (exact) mass is 302 g/mol. The van der Waals surface area contributed by atoms with Crippen LogP contribution in [0.25, 0.3) is 0 Å². The third-order valence-corrected chi connectivity index (χ3v) is 5.28. The first kappa shape index (κ1) is 13.1. The van der Waals surface area contributed by atoms with Crippen LogP contribution in [0.1, 0.15) is 0 Å². The second kappa shape index (κ2) is 5.12. The molecule has 0 saturated carbocycles. The van der Waals surface area contributed by atoms with Gasteiger partial charge in [0.05, 0.1) is 5.69 Å². The zero-order chi connectivity index (χ0) is 13.2. The van der Waals surface area contributed by atoms with E-state index < -0.39 is 10.0 Å². The van der Waals surface area contributed by atoms with Crippen LogP contribution in [0.3, 0.4) is 0 Å². The van der Waals surface area contributed by atoms with Crippen molar-refractivity contribution in [2.45, 2.75) is 9.24 Å². The van der Waals surface area contributed by atoms with E-state index in [0.29, 0.717) is 5.69 Å². The third-order valence-electron chi connectivity index (χ3n) is 2.00. The lowest BCUT2D eigenvalue weighted by Gasteiger charge is -2.08. The summed E-state index contributed by atoms with van der Waals surface area (Å²) in [6.07, 6.45) is 1.87. The van der Waals surface area contributed by atoms with Crippen LogP contribution in [0.5, 0.6) is 0 Å². The summed E-state index contributed by atoms with van der Waals surface area (Å²) in [4.78, 5) is 0.832. The van der Waals surface area contributed by atoms with Gasteiger partial charge in [-0.3, -0.25) is 4.72 Å². The molecule has 0 fully saturated rings. The topological polar surface area (TPSA) is 98.0 Å². The van der Waals surface area contributed by atoms with Crippen molar-refractivity contribution in [2.75, 3.05) is 16.7 Å². The van der Waals surface area contributed by atoms with Gasteiger partial charge in [-0.25, -0.2) is 0 Å². The number of para-hydroxylation sites is 1. The molecule has 0 aliphatic carbocycles. The van der Waals surface area contributed by atoms with Crippen LogP contribution in [0, 0.1) is 0 Å². The number of hydrogen-bond acceptors (Lipinski definition) is 7. The highest BCUT2D eigenvalue weighted by Crippen LogP contribution is 2.27. The van der Waals surface area contributed by atoms with E-state index in [4.69, 9.17) is 5.73 Å². The van der Waals surface area contributed by atoms with Crippen molar-refractivity contribution >= 4 is 43.9 Å². The van der Waals surface area contributed by atoms with Crippen molar-refractivity contribution in [2.24, 2.45) is 0 Å². The Hall–Kier alpha value is -1.32. The van der Waals surface area contributed by atoms with Gasteiger partial charge in [-0.05, 0) is 18.4 Å². The number of anilines is 2. The molecular weight excluding hydrogens is 292 g/mol. The van der Waals surface area contributed by atoms with Gasteiger partial charge in [-0.15, -0.1) is 22.0 Å². The standard InChI is InChI=1S/C9H10N4O2S3/c1-16-7-5-3-2-4-6(7)13-18(14,15)9-12-11-8(10)17-9/h2-5,13H,1H3,(H2,10,11). The molecule has 18 heavy (non-hydrogen) atoms. The smallest absolute Gasteiger partial charge is 0.291 e. The maximum atomic E-state index is 12.0. The first-order valence-electron chi connectivity index (χ1n) is 4.78. The molecule has 6 nitrogen and oxygen atoms in total. The molecule has 0 unspecified atom stereocenters. The number of benzene rings is 1. The zero-order valence-corrected chi connectivity index (χ0v) is 11.8. The molecule has 0 spiro atoms. The van der Waals surface area contributed by atoms with E-state index in [1.54, 1.807) is 12.1 Å². The largest absolute Gasteiger partial charge is 0.374 e. The number of aromatic nitrogens is 2. The molecule has 1 heterocycles. The molecule has 0 bridgehead atoms. The fourth-order valence-electron chi connectivity index (χ4n) is 1.25. The number of nitrogens with zero attached hydrogens (tertiary/aromatic N) is 2. The minimum Gasteiger partial charge on any atom is -0.374 e. The molecule has 0 aliphatic rings. The Morgan fingerprint density at radius 3 is 2.67 bits per heavy atom. The normalized spacial score (nSPS) is 11.4. The van der Waals surface area contributed by atoms with Crippen LogP contribution in [0.4, 0.5) is 10.8 Å². The van der Waals surface area contributed by atoms with Gasteiger partial charge < -0.3 is 5.73 Å². The van der Waals surface area contributed by atoms with Gasteiger partial charge in [0.15, 0.2) is 0 Å². The highest BCUT2D eigenvalue weighted by atomic mass is 32.2. The number of nitrogens with one attached hydrogen (secondary N) is 1. The SMILES string of the molecule is CSc1ccccc1NS(=O)(=O)c1nnc(N)s1.